The van der Waals surface area contributed by atoms with Gasteiger partial charge in [-0.3, -0.25) is 4.79 Å². The van der Waals surface area contributed by atoms with Crippen LogP contribution in [0.5, 0.6) is 0 Å². The van der Waals surface area contributed by atoms with Gasteiger partial charge >= 0.3 is 0 Å². The van der Waals surface area contributed by atoms with Crippen molar-refractivity contribution in [1.82, 2.24) is 4.98 Å². The molecule has 8 heteroatoms. The largest absolute Gasteiger partial charge is 0.391 e. The van der Waals surface area contributed by atoms with Crippen molar-refractivity contribution in [3.63, 3.8) is 0 Å². The van der Waals surface area contributed by atoms with Crippen LogP contribution in [0.2, 0.25) is 0 Å². The molecular weight excluding hydrogens is 464 g/mol. The first-order chi connectivity index (χ1) is 16.6. The SMILES string of the molecule is C=C1C(=O)[C@@]23C(CCC1[C@H]2O)[C@@]12COC3(O)[C@@H](O)C1C(C)(C)Cc1sc(NC3CCCCC3)nc12. The van der Waals surface area contributed by atoms with Crippen molar-refractivity contribution in [1.29, 1.82) is 0 Å². The van der Waals surface area contributed by atoms with E-state index in [2.05, 4.69) is 25.7 Å². The number of Topliss-reactive ketones (excluding diaryl/α,β-unsaturated/α-hetero) is 1. The normalized spacial score (nSPS) is 47.9. The molecule has 2 aliphatic heterocycles. The Morgan fingerprint density at radius 1 is 1.11 bits per heavy atom. The molecule has 1 aromatic rings. The Labute approximate surface area is 210 Å². The van der Waals surface area contributed by atoms with Crippen LogP contribution in [0.25, 0.3) is 0 Å². The topological polar surface area (TPSA) is 112 Å². The third kappa shape index (κ3) is 2.42. The molecule has 0 aromatic carbocycles. The van der Waals surface area contributed by atoms with E-state index in [0.29, 0.717) is 24.5 Å². The average Bonchev–Trinajstić information content (AvgIpc) is 3.24. The van der Waals surface area contributed by atoms with Gasteiger partial charge in [0.25, 0.3) is 0 Å². The van der Waals surface area contributed by atoms with Crippen molar-refractivity contribution in [3.05, 3.63) is 22.7 Å². The van der Waals surface area contributed by atoms with Crippen LogP contribution in [0.3, 0.4) is 0 Å². The van der Waals surface area contributed by atoms with Crippen molar-refractivity contribution >= 4 is 22.3 Å². The Balaban J connectivity index is 1.42. The van der Waals surface area contributed by atoms with Crippen molar-refractivity contribution in [2.75, 3.05) is 11.9 Å². The first-order valence-corrected chi connectivity index (χ1v) is 14.1. The van der Waals surface area contributed by atoms with Gasteiger partial charge in [-0.25, -0.2) is 4.98 Å². The first-order valence-electron chi connectivity index (χ1n) is 13.3. The van der Waals surface area contributed by atoms with Gasteiger partial charge < -0.3 is 25.4 Å². The molecule has 4 N–H and O–H groups in total. The van der Waals surface area contributed by atoms with E-state index in [0.717, 1.165) is 30.1 Å². The second-order valence-electron chi connectivity index (χ2n) is 12.8. The molecule has 2 spiro atoms. The summed E-state index contributed by atoms with van der Waals surface area (Å²) in [6.07, 6.45) is 5.68. The second kappa shape index (κ2) is 6.95. The Bertz CT molecular complexity index is 1130. The summed E-state index contributed by atoms with van der Waals surface area (Å²) in [6.45, 7) is 8.50. The van der Waals surface area contributed by atoms with Gasteiger partial charge in [-0.2, -0.15) is 0 Å². The molecule has 4 saturated carbocycles. The van der Waals surface area contributed by atoms with Crippen molar-refractivity contribution in [2.24, 2.45) is 28.6 Å². The van der Waals surface area contributed by atoms with Crippen LogP contribution in [-0.4, -0.2) is 56.7 Å². The summed E-state index contributed by atoms with van der Waals surface area (Å²) in [7, 11) is 0. The molecule has 2 saturated heterocycles. The Morgan fingerprint density at radius 3 is 2.60 bits per heavy atom. The predicted molar refractivity (Wildman–Crippen MR) is 131 cm³/mol. The van der Waals surface area contributed by atoms with Crippen LogP contribution in [-0.2, 0) is 21.4 Å². The van der Waals surface area contributed by atoms with E-state index in [1.165, 1.54) is 24.1 Å². The molecule has 6 fully saturated rings. The molecule has 190 valence electrons. The third-order valence-corrected chi connectivity index (χ3v) is 11.8. The van der Waals surface area contributed by atoms with E-state index in [1.54, 1.807) is 11.3 Å². The van der Waals surface area contributed by atoms with Crippen molar-refractivity contribution < 1.29 is 24.9 Å². The molecular formula is C27H36N2O5S. The minimum atomic E-state index is -2.13. The van der Waals surface area contributed by atoms with Crippen LogP contribution in [0.4, 0.5) is 5.13 Å². The van der Waals surface area contributed by atoms with E-state index >= 15 is 0 Å². The van der Waals surface area contributed by atoms with Crippen LogP contribution in [0.1, 0.15) is 69.4 Å². The third-order valence-electron chi connectivity index (χ3n) is 10.8. The lowest BCUT2D eigenvalue weighted by Crippen LogP contribution is -2.85. The maximum absolute atomic E-state index is 13.9. The lowest BCUT2D eigenvalue weighted by Gasteiger charge is -2.73. The van der Waals surface area contributed by atoms with Gasteiger partial charge in [0, 0.05) is 28.2 Å². The molecule has 4 unspecified atom stereocenters. The summed E-state index contributed by atoms with van der Waals surface area (Å²) in [5.74, 6) is -3.58. The number of aliphatic hydroxyl groups is 3. The van der Waals surface area contributed by atoms with Crippen LogP contribution in [0, 0.1) is 28.6 Å². The van der Waals surface area contributed by atoms with Gasteiger partial charge in [-0.15, -0.1) is 11.3 Å². The molecule has 8 atom stereocenters. The zero-order chi connectivity index (χ0) is 24.5. The zero-order valence-corrected chi connectivity index (χ0v) is 21.4. The monoisotopic (exact) mass is 500 g/mol. The average molecular weight is 501 g/mol. The fraction of sp³-hybridized carbons (Fsp3) is 0.778. The van der Waals surface area contributed by atoms with Crippen LogP contribution < -0.4 is 5.32 Å². The number of thiazole rings is 1. The van der Waals surface area contributed by atoms with Gasteiger partial charge in [-0.05, 0) is 49.0 Å². The number of rotatable bonds is 2. The Morgan fingerprint density at radius 2 is 1.86 bits per heavy atom. The van der Waals surface area contributed by atoms with Crippen molar-refractivity contribution in [2.45, 2.75) is 94.7 Å². The fourth-order valence-electron chi connectivity index (χ4n) is 9.58. The van der Waals surface area contributed by atoms with E-state index < -0.39 is 34.7 Å². The van der Waals surface area contributed by atoms with E-state index in [-0.39, 0.29) is 29.6 Å². The number of anilines is 1. The summed E-state index contributed by atoms with van der Waals surface area (Å²) >= 11 is 1.69. The van der Waals surface area contributed by atoms with Crippen LogP contribution >= 0.6 is 11.3 Å². The lowest BCUT2D eigenvalue weighted by molar-refractivity contribution is -0.429. The maximum atomic E-state index is 13.9. The number of hydrogen-bond donors (Lipinski definition) is 4. The molecule has 35 heavy (non-hydrogen) atoms. The molecule has 0 amide bonds. The zero-order valence-electron chi connectivity index (χ0n) is 20.5. The number of aromatic nitrogens is 1. The van der Waals surface area contributed by atoms with Crippen molar-refractivity contribution in [3.8, 4) is 0 Å². The highest BCUT2D eigenvalue weighted by Crippen LogP contribution is 2.75. The molecule has 0 radical (unpaired) electrons. The lowest BCUT2D eigenvalue weighted by atomic mass is 9.36. The highest BCUT2D eigenvalue weighted by molar-refractivity contribution is 7.15. The summed E-state index contributed by atoms with van der Waals surface area (Å²) in [5.41, 5.74) is -1.44. The standard InChI is InChI=1S/C27H36N2O5S/c1-13-15-9-10-17-25-12-34-27(33,26(17,20(13)30)21(15)31)22(32)18(25)24(2,3)11-16-19(25)29-23(35-16)28-14-7-5-4-6-8-14/h14-15,17-18,21-22,31-33H,1,4-12H2,2-3H3,(H,28,29)/t15?,17?,18?,21-,22+,25+,26+,27?/m1/s1. The first kappa shape index (κ1) is 22.8. The number of ether oxygens (including phenoxy) is 1. The highest BCUT2D eigenvalue weighted by Gasteiger charge is 2.86. The minimum absolute atomic E-state index is 0.192. The number of fused-ring (bicyclic) bond motifs is 3. The maximum Gasteiger partial charge on any atom is 0.208 e. The number of carbonyl (C=O) groups excluding carboxylic acids is 1. The molecule has 4 bridgehead atoms. The van der Waals surface area contributed by atoms with E-state index in [1.807, 2.05) is 0 Å². The number of nitrogens with one attached hydrogen (secondary N) is 1. The fourth-order valence-corrected chi connectivity index (χ4v) is 10.9. The molecule has 7 nitrogen and oxygen atoms in total. The molecule has 1 aromatic heterocycles. The number of carbonyl (C=O) groups is 1. The summed E-state index contributed by atoms with van der Waals surface area (Å²) in [6, 6.07) is 0.422. The second-order valence-corrected chi connectivity index (χ2v) is 13.9. The molecule has 8 rings (SSSR count). The molecule has 3 heterocycles. The van der Waals surface area contributed by atoms with Gasteiger partial charge in [-0.1, -0.05) is 39.7 Å². The summed E-state index contributed by atoms with van der Waals surface area (Å²) < 4.78 is 6.15. The van der Waals surface area contributed by atoms with Gasteiger partial charge in [0.1, 0.15) is 11.5 Å². The molecule has 7 aliphatic rings. The summed E-state index contributed by atoms with van der Waals surface area (Å²) in [4.78, 5) is 20.2. The Hall–Kier alpha value is -1.32. The predicted octanol–water partition coefficient (Wildman–Crippen LogP) is 2.93. The summed E-state index contributed by atoms with van der Waals surface area (Å²) in [5, 5.41) is 40.0. The van der Waals surface area contributed by atoms with E-state index in [9.17, 15) is 20.1 Å². The van der Waals surface area contributed by atoms with E-state index in [4.69, 9.17) is 9.72 Å². The van der Waals surface area contributed by atoms with Crippen LogP contribution in [0.15, 0.2) is 12.2 Å². The number of nitrogens with zero attached hydrogens (tertiary/aromatic N) is 1. The van der Waals surface area contributed by atoms with Gasteiger partial charge in [0.05, 0.1) is 18.4 Å². The quantitative estimate of drug-likeness (QED) is 0.462. The minimum Gasteiger partial charge on any atom is -0.391 e. The Kier molecular flexibility index (Phi) is 4.54. The smallest absolute Gasteiger partial charge is 0.208 e. The number of hydrogen-bond acceptors (Lipinski definition) is 8. The van der Waals surface area contributed by atoms with Gasteiger partial charge in [0.2, 0.25) is 5.79 Å². The highest BCUT2D eigenvalue weighted by atomic mass is 32.1. The molecule has 5 aliphatic carbocycles. The number of aliphatic hydroxyl groups excluding tert-OH is 2. The van der Waals surface area contributed by atoms with Gasteiger partial charge in [0.15, 0.2) is 10.9 Å². The number of ketones is 1.